The van der Waals surface area contributed by atoms with Gasteiger partial charge in [0.25, 0.3) is 0 Å². The minimum Gasteiger partial charge on any atom is -0.508 e. The van der Waals surface area contributed by atoms with E-state index in [1.807, 2.05) is 31.2 Å². The Hall–Kier alpha value is -3.40. The third-order valence-electron chi connectivity index (χ3n) is 7.12. The third-order valence-corrected chi connectivity index (χ3v) is 7.12. The van der Waals surface area contributed by atoms with Crippen molar-refractivity contribution in [2.75, 3.05) is 4.90 Å². The van der Waals surface area contributed by atoms with Crippen molar-refractivity contribution in [1.29, 1.82) is 0 Å². The van der Waals surface area contributed by atoms with Crippen LogP contribution in [0.4, 0.5) is 5.69 Å². The van der Waals surface area contributed by atoms with Crippen molar-refractivity contribution in [2.24, 2.45) is 11.3 Å². The van der Waals surface area contributed by atoms with Crippen LogP contribution in [0.5, 0.6) is 5.75 Å². The van der Waals surface area contributed by atoms with Crippen LogP contribution in [0.25, 0.3) is 0 Å². The molecule has 1 heterocycles. The number of nitrogens with zero attached hydrogens (tertiary/aromatic N) is 1. The fourth-order valence-corrected chi connectivity index (χ4v) is 5.96. The standard InChI is InChI=1S/C25H19NO3/c1-25-21-18-8-4-2-6-16(18)20(17-7-3-5-9-19(17)21)22(25)23(28)26(24(25)29)14-10-12-15(27)13-11-14/h2-13,20-22,27H,1H3/t20?,21?,22-,25-/m1/s1. The summed E-state index contributed by atoms with van der Waals surface area (Å²) in [5, 5.41) is 9.63. The van der Waals surface area contributed by atoms with Gasteiger partial charge in [-0.3, -0.25) is 9.59 Å². The van der Waals surface area contributed by atoms with Gasteiger partial charge in [-0.2, -0.15) is 0 Å². The van der Waals surface area contributed by atoms with Gasteiger partial charge in [0, 0.05) is 11.8 Å². The van der Waals surface area contributed by atoms with Gasteiger partial charge >= 0.3 is 0 Å². The maximum absolute atomic E-state index is 13.8. The van der Waals surface area contributed by atoms with Crippen LogP contribution in [0.15, 0.2) is 72.8 Å². The van der Waals surface area contributed by atoms with E-state index in [0.717, 1.165) is 22.3 Å². The molecule has 0 aromatic heterocycles. The lowest BCUT2D eigenvalue weighted by molar-refractivity contribution is -0.128. The number of rotatable bonds is 1. The first-order chi connectivity index (χ1) is 14.0. The highest BCUT2D eigenvalue weighted by atomic mass is 16.3. The predicted octanol–water partition coefficient (Wildman–Crippen LogP) is 4.18. The van der Waals surface area contributed by atoms with Crippen molar-refractivity contribution in [3.63, 3.8) is 0 Å². The molecule has 4 nitrogen and oxygen atoms in total. The fraction of sp³-hybridized carbons (Fsp3) is 0.200. The van der Waals surface area contributed by atoms with Crippen molar-refractivity contribution in [3.8, 4) is 5.75 Å². The average Bonchev–Trinajstić information content (AvgIpc) is 2.95. The number of benzene rings is 3. The van der Waals surface area contributed by atoms with Gasteiger partial charge in [-0.05, 0) is 53.4 Å². The van der Waals surface area contributed by atoms with Crippen molar-refractivity contribution >= 4 is 17.5 Å². The molecule has 1 saturated heterocycles. The lowest BCUT2D eigenvalue weighted by atomic mass is 9.48. The smallest absolute Gasteiger partial charge is 0.241 e. The lowest BCUT2D eigenvalue weighted by Crippen LogP contribution is -2.49. The molecule has 0 saturated carbocycles. The van der Waals surface area contributed by atoms with Gasteiger partial charge in [-0.15, -0.1) is 0 Å². The van der Waals surface area contributed by atoms with Gasteiger partial charge in [0.15, 0.2) is 0 Å². The average molecular weight is 381 g/mol. The van der Waals surface area contributed by atoms with Crippen molar-refractivity contribution in [1.82, 2.24) is 0 Å². The first kappa shape index (κ1) is 16.5. The Labute approximate surface area is 168 Å². The van der Waals surface area contributed by atoms with E-state index in [4.69, 9.17) is 0 Å². The Morgan fingerprint density at radius 3 is 1.86 bits per heavy atom. The number of imide groups is 1. The van der Waals surface area contributed by atoms with Crippen molar-refractivity contribution in [3.05, 3.63) is 95.1 Å². The van der Waals surface area contributed by atoms with Gasteiger partial charge in [-0.25, -0.2) is 4.90 Å². The predicted molar refractivity (Wildman–Crippen MR) is 109 cm³/mol. The molecule has 7 rings (SSSR count). The Morgan fingerprint density at radius 1 is 0.793 bits per heavy atom. The van der Waals surface area contributed by atoms with E-state index in [-0.39, 0.29) is 29.4 Å². The summed E-state index contributed by atoms with van der Waals surface area (Å²) in [7, 11) is 0. The monoisotopic (exact) mass is 381 g/mol. The lowest BCUT2D eigenvalue weighted by Gasteiger charge is -2.51. The number of carbonyl (C=O) groups excluding carboxylic acids is 2. The molecule has 0 spiro atoms. The van der Waals surface area contributed by atoms with E-state index in [1.165, 1.54) is 17.0 Å². The number of amides is 2. The Balaban J connectivity index is 1.61. The minimum absolute atomic E-state index is 0.108. The first-order valence-electron chi connectivity index (χ1n) is 9.88. The highest BCUT2D eigenvalue weighted by Gasteiger charge is 2.68. The molecule has 3 aromatic carbocycles. The summed E-state index contributed by atoms with van der Waals surface area (Å²) in [6.07, 6.45) is 0. The number of hydrogen-bond donors (Lipinski definition) is 1. The molecule has 1 aliphatic heterocycles. The van der Waals surface area contributed by atoms with Crippen LogP contribution in [0.1, 0.15) is 41.0 Å². The van der Waals surface area contributed by atoms with Crippen LogP contribution >= 0.6 is 0 Å². The van der Waals surface area contributed by atoms with Crippen LogP contribution in [-0.4, -0.2) is 16.9 Å². The van der Waals surface area contributed by atoms with Gasteiger partial charge in [-0.1, -0.05) is 48.5 Å². The summed E-state index contributed by atoms with van der Waals surface area (Å²) in [6.45, 7) is 1.96. The summed E-state index contributed by atoms with van der Waals surface area (Å²) in [5.74, 6) is -0.909. The number of hydrogen-bond acceptors (Lipinski definition) is 3. The summed E-state index contributed by atoms with van der Waals surface area (Å²) in [6, 6.07) is 22.7. The molecule has 2 amide bonds. The number of aromatic hydroxyl groups is 1. The number of phenolic OH excluding ortho intramolecular Hbond substituents is 1. The van der Waals surface area contributed by atoms with Gasteiger partial charge in [0.05, 0.1) is 17.0 Å². The molecule has 3 aliphatic carbocycles. The van der Waals surface area contributed by atoms with E-state index in [0.29, 0.717) is 5.69 Å². The molecular weight excluding hydrogens is 362 g/mol. The molecule has 1 fully saturated rings. The highest BCUT2D eigenvalue weighted by molar-refractivity contribution is 6.25. The first-order valence-corrected chi connectivity index (χ1v) is 9.88. The fourth-order valence-electron chi connectivity index (χ4n) is 5.96. The molecule has 0 radical (unpaired) electrons. The van der Waals surface area contributed by atoms with Crippen LogP contribution in [0, 0.1) is 11.3 Å². The van der Waals surface area contributed by atoms with Crippen LogP contribution in [0.3, 0.4) is 0 Å². The second-order valence-electron chi connectivity index (χ2n) is 8.42. The van der Waals surface area contributed by atoms with E-state index in [9.17, 15) is 14.7 Å². The van der Waals surface area contributed by atoms with Crippen molar-refractivity contribution < 1.29 is 14.7 Å². The van der Waals surface area contributed by atoms with Crippen LogP contribution < -0.4 is 4.90 Å². The van der Waals surface area contributed by atoms with Gasteiger partial charge in [0.1, 0.15) is 5.75 Å². The van der Waals surface area contributed by atoms with E-state index in [2.05, 4.69) is 24.3 Å². The minimum atomic E-state index is -0.831. The third kappa shape index (κ3) is 1.84. The summed E-state index contributed by atoms with van der Waals surface area (Å²) >= 11 is 0. The zero-order valence-corrected chi connectivity index (χ0v) is 15.9. The molecular formula is C25H19NO3. The van der Waals surface area contributed by atoms with Crippen LogP contribution in [-0.2, 0) is 9.59 Å². The second-order valence-corrected chi connectivity index (χ2v) is 8.42. The largest absolute Gasteiger partial charge is 0.508 e. The van der Waals surface area contributed by atoms with Gasteiger partial charge < -0.3 is 5.11 Å². The summed E-state index contributed by atoms with van der Waals surface area (Å²) in [4.78, 5) is 28.8. The van der Waals surface area contributed by atoms with Crippen molar-refractivity contribution in [2.45, 2.75) is 18.8 Å². The van der Waals surface area contributed by atoms with E-state index < -0.39 is 11.3 Å². The number of phenols is 1. The zero-order chi connectivity index (χ0) is 19.9. The van der Waals surface area contributed by atoms with E-state index in [1.54, 1.807) is 12.1 Å². The molecule has 142 valence electrons. The van der Waals surface area contributed by atoms with Crippen LogP contribution in [0.2, 0.25) is 0 Å². The molecule has 0 unspecified atom stereocenters. The molecule has 29 heavy (non-hydrogen) atoms. The number of anilines is 1. The second kappa shape index (κ2) is 5.35. The Bertz CT molecular complexity index is 1150. The summed E-state index contributed by atoms with van der Waals surface area (Å²) in [5.41, 5.74) is 4.32. The molecule has 1 N–H and O–H groups in total. The molecule has 2 bridgehead atoms. The quantitative estimate of drug-likeness (QED) is 0.644. The maximum atomic E-state index is 13.8. The molecule has 2 atom stereocenters. The Morgan fingerprint density at radius 2 is 1.31 bits per heavy atom. The molecule has 4 heteroatoms. The topological polar surface area (TPSA) is 57.6 Å². The maximum Gasteiger partial charge on any atom is 0.241 e. The highest BCUT2D eigenvalue weighted by Crippen LogP contribution is 2.67. The molecule has 3 aromatic rings. The van der Waals surface area contributed by atoms with E-state index >= 15 is 0 Å². The normalized spacial score (nSPS) is 28.9. The number of carbonyl (C=O) groups is 2. The summed E-state index contributed by atoms with van der Waals surface area (Å²) < 4.78 is 0. The Kier molecular flexibility index (Phi) is 3.05. The zero-order valence-electron chi connectivity index (χ0n) is 15.9. The molecule has 4 aliphatic rings. The SMILES string of the molecule is C[C@]12C(=O)N(c3ccc(O)cc3)C(=O)[C@H]1C1c3ccccc3C2c2ccccc21. The van der Waals surface area contributed by atoms with Gasteiger partial charge in [0.2, 0.25) is 11.8 Å².